The molecule has 0 unspecified atom stereocenters. The van der Waals surface area contributed by atoms with Gasteiger partial charge in [-0.15, -0.1) is 0 Å². The van der Waals surface area contributed by atoms with E-state index in [0.717, 1.165) is 27.7 Å². The van der Waals surface area contributed by atoms with Crippen LogP contribution in [-0.4, -0.2) is 22.4 Å². The number of benzene rings is 3. The smallest absolute Gasteiger partial charge is 0.251 e. The monoisotopic (exact) mass is 382 g/mol. The van der Waals surface area contributed by atoms with Crippen molar-refractivity contribution in [3.05, 3.63) is 90.0 Å². The number of para-hydroxylation sites is 1. The minimum atomic E-state index is -0.0580. The average molecular weight is 382 g/mol. The molecule has 0 radical (unpaired) electrons. The number of nitrogens with zero attached hydrogens (tertiary/aromatic N) is 2. The number of aromatic nitrogens is 2. The molecule has 0 aliphatic heterocycles. The summed E-state index contributed by atoms with van der Waals surface area (Å²) in [6.45, 7) is 3.09. The zero-order chi connectivity index (χ0) is 20.1. The number of fused-ring (bicyclic) bond motifs is 1. The first-order valence-electron chi connectivity index (χ1n) is 9.68. The van der Waals surface area contributed by atoms with Gasteiger partial charge in [0.15, 0.2) is 0 Å². The van der Waals surface area contributed by atoms with Gasteiger partial charge in [0.25, 0.3) is 5.91 Å². The van der Waals surface area contributed by atoms with Gasteiger partial charge < -0.3 is 10.6 Å². The molecule has 0 saturated heterocycles. The molecule has 1 heterocycles. The van der Waals surface area contributed by atoms with Crippen molar-refractivity contribution in [3.63, 3.8) is 0 Å². The van der Waals surface area contributed by atoms with E-state index in [-0.39, 0.29) is 5.91 Å². The first-order valence-corrected chi connectivity index (χ1v) is 9.68. The largest absolute Gasteiger partial charge is 0.352 e. The Kier molecular flexibility index (Phi) is 5.47. The van der Waals surface area contributed by atoms with Gasteiger partial charge >= 0.3 is 0 Å². The van der Waals surface area contributed by atoms with Crippen molar-refractivity contribution in [2.24, 2.45) is 0 Å². The molecule has 4 aromatic rings. The van der Waals surface area contributed by atoms with E-state index in [4.69, 9.17) is 4.98 Å². The molecule has 1 aromatic heterocycles. The van der Waals surface area contributed by atoms with Crippen LogP contribution >= 0.6 is 0 Å². The summed E-state index contributed by atoms with van der Waals surface area (Å²) in [7, 11) is 0. The fourth-order valence-electron chi connectivity index (χ4n) is 3.19. The van der Waals surface area contributed by atoms with Crippen molar-refractivity contribution in [1.82, 2.24) is 15.3 Å². The number of carbonyl (C=O) groups is 1. The first-order chi connectivity index (χ1) is 14.2. The maximum atomic E-state index is 11.9. The molecule has 0 atom stereocenters. The number of carbonyl (C=O) groups excluding carboxylic acids is 1. The van der Waals surface area contributed by atoms with Gasteiger partial charge in [0.1, 0.15) is 0 Å². The van der Waals surface area contributed by atoms with E-state index < -0.39 is 0 Å². The van der Waals surface area contributed by atoms with Crippen LogP contribution in [0.15, 0.2) is 78.9 Å². The molecule has 5 nitrogen and oxygen atoms in total. The van der Waals surface area contributed by atoms with Crippen LogP contribution in [0.5, 0.6) is 0 Å². The summed E-state index contributed by atoms with van der Waals surface area (Å²) >= 11 is 0. The molecule has 2 N–H and O–H groups in total. The van der Waals surface area contributed by atoms with Gasteiger partial charge in [0, 0.05) is 29.6 Å². The Hall–Kier alpha value is -3.73. The second kappa shape index (κ2) is 8.52. The van der Waals surface area contributed by atoms with Crippen LogP contribution in [0, 0.1) is 0 Å². The van der Waals surface area contributed by atoms with Crippen molar-refractivity contribution in [2.45, 2.75) is 13.5 Å². The summed E-state index contributed by atoms with van der Waals surface area (Å²) in [6.07, 6.45) is 0. The summed E-state index contributed by atoms with van der Waals surface area (Å²) in [5.41, 5.74) is 4.57. The van der Waals surface area contributed by atoms with E-state index in [1.807, 2.05) is 73.7 Å². The minimum absolute atomic E-state index is 0.0580. The average Bonchev–Trinajstić information content (AvgIpc) is 2.78. The number of amides is 1. The van der Waals surface area contributed by atoms with E-state index >= 15 is 0 Å². The Labute approximate surface area is 169 Å². The van der Waals surface area contributed by atoms with E-state index in [9.17, 15) is 4.79 Å². The van der Waals surface area contributed by atoms with Crippen LogP contribution in [-0.2, 0) is 6.54 Å². The van der Waals surface area contributed by atoms with Gasteiger partial charge in [-0.05, 0) is 30.7 Å². The van der Waals surface area contributed by atoms with Crippen molar-refractivity contribution in [3.8, 4) is 11.3 Å². The van der Waals surface area contributed by atoms with Crippen LogP contribution in [0.25, 0.3) is 22.2 Å². The molecule has 4 rings (SSSR count). The Balaban J connectivity index is 1.58. The Morgan fingerprint density at radius 2 is 1.59 bits per heavy atom. The lowest BCUT2D eigenvalue weighted by Gasteiger charge is -2.11. The van der Waals surface area contributed by atoms with Crippen molar-refractivity contribution in [1.29, 1.82) is 0 Å². The molecule has 29 heavy (non-hydrogen) atoms. The standard InChI is InChI=1S/C24H22N4O/c1-2-25-23(29)19-14-12-17(13-15-19)16-26-24-27-21-11-7-6-10-20(21)22(28-24)18-8-4-3-5-9-18/h3-15H,2,16H2,1H3,(H,25,29)(H,26,27,28). The normalized spacial score (nSPS) is 10.7. The molecule has 0 aliphatic rings. The summed E-state index contributed by atoms with van der Waals surface area (Å²) in [4.78, 5) is 21.3. The van der Waals surface area contributed by atoms with Crippen LogP contribution in [0.2, 0.25) is 0 Å². The molecular formula is C24H22N4O. The predicted molar refractivity (Wildman–Crippen MR) is 117 cm³/mol. The lowest BCUT2D eigenvalue weighted by Crippen LogP contribution is -2.22. The maximum absolute atomic E-state index is 11.9. The topological polar surface area (TPSA) is 66.9 Å². The molecule has 1 amide bonds. The van der Waals surface area contributed by atoms with Gasteiger partial charge in [0.2, 0.25) is 5.95 Å². The van der Waals surface area contributed by atoms with Crippen LogP contribution in [0.4, 0.5) is 5.95 Å². The molecule has 5 heteroatoms. The number of hydrogen-bond acceptors (Lipinski definition) is 4. The third kappa shape index (κ3) is 4.24. The lowest BCUT2D eigenvalue weighted by atomic mass is 10.1. The lowest BCUT2D eigenvalue weighted by molar-refractivity contribution is 0.0956. The molecule has 0 saturated carbocycles. The maximum Gasteiger partial charge on any atom is 0.251 e. The molecule has 0 aliphatic carbocycles. The van der Waals surface area contributed by atoms with Crippen molar-refractivity contribution >= 4 is 22.8 Å². The van der Waals surface area contributed by atoms with E-state index in [1.165, 1.54) is 0 Å². The van der Waals surface area contributed by atoms with E-state index in [2.05, 4.69) is 27.8 Å². The molecular weight excluding hydrogens is 360 g/mol. The fraction of sp³-hybridized carbons (Fsp3) is 0.125. The molecule has 0 spiro atoms. The van der Waals surface area contributed by atoms with Crippen LogP contribution < -0.4 is 10.6 Å². The van der Waals surface area contributed by atoms with Crippen molar-refractivity contribution < 1.29 is 4.79 Å². The van der Waals surface area contributed by atoms with Crippen molar-refractivity contribution in [2.75, 3.05) is 11.9 Å². The quantitative estimate of drug-likeness (QED) is 0.509. The third-order valence-corrected chi connectivity index (χ3v) is 4.65. The minimum Gasteiger partial charge on any atom is -0.352 e. The predicted octanol–water partition coefficient (Wildman–Crippen LogP) is 4.66. The first kappa shape index (κ1) is 18.6. The number of hydrogen-bond donors (Lipinski definition) is 2. The summed E-state index contributed by atoms with van der Waals surface area (Å²) in [5, 5.41) is 7.14. The van der Waals surface area contributed by atoms with Crippen LogP contribution in [0.3, 0.4) is 0 Å². The van der Waals surface area contributed by atoms with Gasteiger partial charge in [-0.3, -0.25) is 4.79 Å². The zero-order valence-corrected chi connectivity index (χ0v) is 16.2. The summed E-state index contributed by atoms with van der Waals surface area (Å²) in [6, 6.07) is 25.7. The number of anilines is 1. The van der Waals surface area contributed by atoms with E-state index in [0.29, 0.717) is 24.6 Å². The Bertz CT molecular complexity index is 1120. The molecule has 0 bridgehead atoms. The highest BCUT2D eigenvalue weighted by molar-refractivity contribution is 5.94. The van der Waals surface area contributed by atoms with Gasteiger partial charge in [-0.1, -0.05) is 60.7 Å². The third-order valence-electron chi connectivity index (χ3n) is 4.65. The summed E-state index contributed by atoms with van der Waals surface area (Å²) < 4.78 is 0. The SMILES string of the molecule is CCNC(=O)c1ccc(CNc2nc(-c3ccccc3)c3ccccc3n2)cc1. The number of rotatable bonds is 6. The molecule has 0 fully saturated rings. The van der Waals surface area contributed by atoms with Gasteiger partial charge in [-0.25, -0.2) is 9.97 Å². The highest BCUT2D eigenvalue weighted by atomic mass is 16.1. The highest BCUT2D eigenvalue weighted by Gasteiger charge is 2.10. The Morgan fingerprint density at radius 1 is 0.862 bits per heavy atom. The van der Waals surface area contributed by atoms with Gasteiger partial charge in [0.05, 0.1) is 11.2 Å². The molecule has 3 aromatic carbocycles. The fourth-order valence-corrected chi connectivity index (χ4v) is 3.19. The Morgan fingerprint density at radius 3 is 2.34 bits per heavy atom. The summed E-state index contributed by atoms with van der Waals surface area (Å²) in [5.74, 6) is 0.521. The van der Waals surface area contributed by atoms with Gasteiger partial charge in [-0.2, -0.15) is 0 Å². The second-order valence-corrected chi connectivity index (χ2v) is 6.69. The second-order valence-electron chi connectivity index (χ2n) is 6.69. The van der Waals surface area contributed by atoms with E-state index in [1.54, 1.807) is 0 Å². The zero-order valence-electron chi connectivity index (χ0n) is 16.2. The molecule has 144 valence electrons. The number of nitrogens with one attached hydrogen (secondary N) is 2. The highest BCUT2D eigenvalue weighted by Crippen LogP contribution is 2.27. The van der Waals surface area contributed by atoms with Crippen LogP contribution in [0.1, 0.15) is 22.8 Å².